The second kappa shape index (κ2) is 3.10. The summed E-state index contributed by atoms with van der Waals surface area (Å²) < 4.78 is 0. The van der Waals surface area contributed by atoms with E-state index in [4.69, 9.17) is 0 Å². The lowest BCUT2D eigenvalue weighted by atomic mass is 10.1. The number of anilines is 1. The zero-order valence-corrected chi connectivity index (χ0v) is 8.20. The van der Waals surface area contributed by atoms with Gasteiger partial charge in [0.05, 0.1) is 17.6 Å². The maximum atomic E-state index is 11.7. The summed E-state index contributed by atoms with van der Waals surface area (Å²) in [7, 11) is 0. The van der Waals surface area contributed by atoms with Crippen molar-refractivity contribution in [1.82, 2.24) is 0 Å². The van der Waals surface area contributed by atoms with Crippen molar-refractivity contribution in [2.24, 2.45) is 9.98 Å². The van der Waals surface area contributed by atoms with Crippen molar-refractivity contribution < 1.29 is 9.59 Å². The number of carbonyl (C=O) groups is 2. The molecule has 2 aliphatic heterocycles. The maximum absolute atomic E-state index is 11.7. The molecule has 5 heteroatoms. The molecule has 2 aliphatic rings. The van der Waals surface area contributed by atoms with Crippen LogP contribution in [-0.4, -0.2) is 30.3 Å². The predicted octanol–water partition coefficient (Wildman–Crippen LogP) is 0.715. The first-order valence-electron chi connectivity index (χ1n) is 4.82. The second-order valence-electron chi connectivity index (χ2n) is 3.52. The molecule has 0 N–H and O–H groups in total. The lowest BCUT2D eigenvalue weighted by Crippen LogP contribution is -2.50. The zero-order valence-electron chi connectivity index (χ0n) is 8.20. The summed E-state index contributed by atoms with van der Waals surface area (Å²) in [6.07, 6.45) is 2.51. The number of nitrogens with zero attached hydrogens (tertiary/aromatic N) is 3. The summed E-state index contributed by atoms with van der Waals surface area (Å²) >= 11 is 0. The Kier molecular flexibility index (Phi) is 1.73. The number of hydrogen-bond acceptors (Lipinski definition) is 3. The smallest absolute Gasteiger partial charge is 0.274 e. The molecule has 1 atom stereocenters. The number of fused-ring (bicyclic) bond motifs is 3. The molecule has 0 bridgehead atoms. The Labute approximate surface area is 91.1 Å². The standard InChI is InChI=1S/C11H7N3O2/c15-10-6-13-11(16)9-5-12-7-3-1-2-4-8(7)14(9)10/h1-6,9H. The monoisotopic (exact) mass is 213 g/mol. The highest BCUT2D eigenvalue weighted by Gasteiger charge is 2.35. The highest BCUT2D eigenvalue weighted by atomic mass is 16.2. The largest absolute Gasteiger partial charge is 0.288 e. The van der Waals surface area contributed by atoms with Gasteiger partial charge in [-0.3, -0.25) is 19.5 Å². The molecule has 16 heavy (non-hydrogen) atoms. The minimum Gasteiger partial charge on any atom is -0.288 e. The van der Waals surface area contributed by atoms with Crippen LogP contribution >= 0.6 is 0 Å². The predicted molar refractivity (Wildman–Crippen MR) is 59.4 cm³/mol. The molecular weight excluding hydrogens is 206 g/mol. The normalized spacial score (nSPS) is 22.0. The number of aliphatic imine (C=N–C) groups is 2. The van der Waals surface area contributed by atoms with Gasteiger partial charge in [0.1, 0.15) is 0 Å². The van der Waals surface area contributed by atoms with Gasteiger partial charge in [0.2, 0.25) is 0 Å². The van der Waals surface area contributed by atoms with Crippen molar-refractivity contribution in [3.8, 4) is 0 Å². The highest BCUT2D eigenvalue weighted by Crippen LogP contribution is 2.33. The van der Waals surface area contributed by atoms with Gasteiger partial charge in [0, 0.05) is 6.21 Å². The van der Waals surface area contributed by atoms with Crippen LogP contribution < -0.4 is 4.90 Å². The van der Waals surface area contributed by atoms with Gasteiger partial charge in [0.25, 0.3) is 11.8 Å². The molecule has 1 aromatic carbocycles. The van der Waals surface area contributed by atoms with Gasteiger partial charge < -0.3 is 0 Å². The SMILES string of the molecule is O=C1N=CC(=O)N2c3ccccc3N=CC12. The lowest BCUT2D eigenvalue weighted by Gasteiger charge is -2.31. The molecule has 1 aromatic rings. The van der Waals surface area contributed by atoms with Crippen molar-refractivity contribution in [1.29, 1.82) is 0 Å². The molecule has 0 fully saturated rings. The first kappa shape index (κ1) is 8.96. The van der Waals surface area contributed by atoms with Crippen LogP contribution in [0.15, 0.2) is 34.3 Å². The zero-order chi connectivity index (χ0) is 11.1. The Hall–Kier alpha value is -2.30. The Morgan fingerprint density at radius 3 is 2.81 bits per heavy atom. The topological polar surface area (TPSA) is 62.1 Å². The Morgan fingerprint density at radius 2 is 1.94 bits per heavy atom. The van der Waals surface area contributed by atoms with Crippen molar-refractivity contribution >= 4 is 35.6 Å². The van der Waals surface area contributed by atoms with Gasteiger partial charge in [-0.2, -0.15) is 0 Å². The minimum atomic E-state index is -0.688. The van der Waals surface area contributed by atoms with E-state index in [1.807, 2.05) is 6.07 Å². The van der Waals surface area contributed by atoms with Gasteiger partial charge >= 0.3 is 0 Å². The van der Waals surface area contributed by atoms with E-state index in [1.54, 1.807) is 18.2 Å². The third kappa shape index (κ3) is 1.11. The van der Waals surface area contributed by atoms with Crippen molar-refractivity contribution in [3.63, 3.8) is 0 Å². The second-order valence-corrected chi connectivity index (χ2v) is 3.52. The molecule has 2 amide bonds. The van der Waals surface area contributed by atoms with Crippen LogP contribution in [0.1, 0.15) is 0 Å². The summed E-state index contributed by atoms with van der Waals surface area (Å²) in [5, 5.41) is 0. The molecular formula is C11H7N3O2. The van der Waals surface area contributed by atoms with Crippen LogP contribution in [0.5, 0.6) is 0 Å². The molecule has 0 saturated carbocycles. The Morgan fingerprint density at radius 1 is 1.12 bits per heavy atom. The molecule has 0 saturated heterocycles. The average molecular weight is 213 g/mol. The van der Waals surface area contributed by atoms with Crippen molar-refractivity contribution in [2.75, 3.05) is 4.90 Å². The summed E-state index contributed by atoms with van der Waals surface area (Å²) in [6, 6.07) is 6.52. The maximum Gasteiger partial charge on any atom is 0.274 e. The number of para-hydroxylation sites is 2. The van der Waals surface area contributed by atoms with Crippen molar-refractivity contribution in [2.45, 2.75) is 6.04 Å². The van der Waals surface area contributed by atoms with E-state index in [1.165, 1.54) is 11.1 Å². The molecule has 0 aromatic heterocycles. The summed E-state index contributed by atoms with van der Waals surface area (Å²) in [5.74, 6) is -0.652. The van der Waals surface area contributed by atoms with E-state index >= 15 is 0 Å². The third-order valence-corrected chi connectivity index (χ3v) is 2.57. The fourth-order valence-electron chi connectivity index (χ4n) is 1.83. The number of benzene rings is 1. The van der Waals surface area contributed by atoms with Crippen LogP contribution in [0, 0.1) is 0 Å². The Bertz CT molecular complexity index is 548. The first-order chi connectivity index (χ1) is 7.77. The molecule has 78 valence electrons. The fourth-order valence-corrected chi connectivity index (χ4v) is 1.83. The first-order valence-corrected chi connectivity index (χ1v) is 4.82. The van der Waals surface area contributed by atoms with Crippen LogP contribution in [0.3, 0.4) is 0 Å². The van der Waals surface area contributed by atoms with Crippen LogP contribution in [0.25, 0.3) is 0 Å². The van der Waals surface area contributed by atoms with E-state index < -0.39 is 6.04 Å². The van der Waals surface area contributed by atoms with Gasteiger partial charge in [-0.1, -0.05) is 12.1 Å². The number of carbonyl (C=O) groups excluding carboxylic acids is 2. The van der Waals surface area contributed by atoms with E-state index in [9.17, 15) is 9.59 Å². The number of rotatable bonds is 0. The highest BCUT2D eigenvalue weighted by molar-refractivity contribution is 6.40. The van der Waals surface area contributed by atoms with Gasteiger partial charge in [-0.05, 0) is 12.1 Å². The summed E-state index contributed by atoms with van der Waals surface area (Å²) in [5.41, 5.74) is 1.34. The molecule has 3 rings (SSSR count). The summed E-state index contributed by atoms with van der Waals surface area (Å²) in [4.78, 5) is 32.3. The quantitative estimate of drug-likeness (QED) is 0.637. The van der Waals surface area contributed by atoms with Crippen LogP contribution in [0.4, 0.5) is 11.4 Å². The van der Waals surface area contributed by atoms with E-state index in [0.29, 0.717) is 11.4 Å². The van der Waals surface area contributed by atoms with E-state index in [-0.39, 0.29) is 11.8 Å². The summed E-state index contributed by atoms with van der Waals surface area (Å²) in [6.45, 7) is 0. The molecule has 2 heterocycles. The lowest BCUT2D eigenvalue weighted by molar-refractivity contribution is -0.121. The minimum absolute atomic E-state index is 0.289. The third-order valence-electron chi connectivity index (χ3n) is 2.57. The molecule has 5 nitrogen and oxygen atoms in total. The van der Waals surface area contributed by atoms with Gasteiger partial charge in [-0.15, -0.1) is 0 Å². The van der Waals surface area contributed by atoms with E-state index in [0.717, 1.165) is 6.21 Å². The Balaban J connectivity index is 2.20. The number of hydrogen-bond donors (Lipinski definition) is 0. The van der Waals surface area contributed by atoms with Crippen LogP contribution in [0.2, 0.25) is 0 Å². The molecule has 0 spiro atoms. The van der Waals surface area contributed by atoms with E-state index in [2.05, 4.69) is 9.98 Å². The molecule has 0 radical (unpaired) electrons. The number of amides is 2. The van der Waals surface area contributed by atoms with Crippen molar-refractivity contribution in [3.05, 3.63) is 24.3 Å². The average Bonchev–Trinajstić information content (AvgIpc) is 2.33. The van der Waals surface area contributed by atoms with Gasteiger partial charge in [-0.25, -0.2) is 4.99 Å². The molecule has 1 unspecified atom stereocenters. The molecule has 0 aliphatic carbocycles. The fraction of sp³-hybridized carbons (Fsp3) is 0.0909. The van der Waals surface area contributed by atoms with Gasteiger partial charge in [0.15, 0.2) is 6.04 Å². The van der Waals surface area contributed by atoms with Crippen LogP contribution in [-0.2, 0) is 9.59 Å².